The highest BCUT2D eigenvalue weighted by molar-refractivity contribution is 7.99. The maximum Gasteiger partial charge on any atom is 0.0650 e. The number of rotatable bonds is 5. The second-order valence-electron chi connectivity index (χ2n) is 3.33. The molecular formula is C11H16Cl3NS. The molecule has 0 aliphatic heterocycles. The Morgan fingerprint density at radius 3 is 2.75 bits per heavy atom. The molecule has 0 amide bonds. The van der Waals surface area contributed by atoms with Gasteiger partial charge in [0.15, 0.2) is 0 Å². The Hall–Kier alpha value is 0.370. The fourth-order valence-corrected chi connectivity index (χ4v) is 2.69. The maximum absolute atomic E-state index is 6.08. The quantitative estimate of drug-likeness (QED) is 0.579. The molecule has 1 unspecified atom stereocenters. The molecule has 1 heterocycles. The van der Waals surface area contributed by atoms with Crippen LogP contribution in [0.25, 0.3) is 0 Å². The van der Waals surface area contributed by atoms with Gasteiger partial charge in [-0.1, -0.05) is 6.92 Å². The number of nitrogens with zero attached hydrogens (tertiary/aromatic N) is 1. The predicted molar refractivity (Wildman–Crippen MR) is 76.4 cm³/mol. The lowest BCUT2D eigenvalue weighted by Crippen LogP contribution is -2.00. The Labute approximate surface area is 118 Å². The SMILES string of the molecule is CCC(Cl)CSc1ccnc(CCl)c1C.Cl. The Bertz CT molecular complexity index is 320. The largest absolute Gasteiger partial charge is 0.260 e. The molecule has 0 spiro atoms. The first kappa shape index (κ1) is 16.4. The van der Waals surface area contributed by atoms with Gasteiger partial charge < -0.3 is 0 Å². The molecule has 0 radical (unpaired) electrons. The number of hydrogen-bond acceptors (Lipinski definition) is 2. The van der Waals surface area contributed by atoms with E-state index < -0.39 is 0 Å². The Kier molecular flexibility index (Phi) is 8.65. The van der Waals surface area contributed by atoms with E-state index in [1.54, 1.807) is 11.8 Å². The second-order valence-corrected chi connectivity index (χ2v) is 5.28. The van der Waals surface area contributed by atoms with Gasteiger partial charge in [-0.25, -0.2) is 0 Å². The van der Waals surface area contributed by atoms with Crippen LogP contribution in [0.3, 0.4) is 0 Å². The normalized spacial score (nSPS) is 12.0. The van der Waals surface area contributed by atoms with E-state index in [-0.39, 0.29) is 17.8 Å². The minimum Gasteiger partial charge on any atom is -0.260 e. The van der Waals surface area contributed by atoms with Gasteiger partial charge in [-0.2, -0.15) is 0 Å². The van der Waals surface area contributed by atoms with Crippen LogP contribution in [-0.4, -0.2) is 16.1 Å². The number of hydrogen-bond donors (Lipinski definition) is 0. The Morgan fingerprint density at radius 2 is 2.19 bits per heavy atom. The third-order valence-corrected chi connectivity index (χ3v) is 4.47. The van der Waals surface area contributed by atoms with E-state index in [0.29, 0.717) is 5.88 Å². The van der Waals surface area contributed by atoms with Crippen molar-refractivity contribution in [3.8, 4) is 0 Å². The third-order valence-electron chi connectivity index (χ3n) is 2.25. The number of pyridine rings is 1. The molecule has 0 saturated carbocycles. The van der Waals surface area contributed by atoms with E-state index in [0.717, 1.165) is 17.9 Å². The third kappa shape index (κ3) is 4.70. The van der Waals surface area contributed by atoms with Gasteiger partial charge in [-0.05, 0) is 25.0 Å². The molecule has 0 bridgehead atoms. The van der Waals surface area contributed by atoms with Crippen LogP contribution in [0.5, 0.6) is 0 Å². The van der Waals surface area contributed by atoms with Gasteiger partial charge in [0.05, 0.1) is 11.6 Å². The zero-order valence-corrected chi connectivity index (χ0v) is 12.5. The summed E-state index contributed by atoms with van der Waals surface area (Å²) in [5.41, 5.74) is 2.14. The van der Waals surface area contributed by atoms with Crippen molar-refractivity contribution in [1.82, 2.24) is 4.98 Å². The van der Waals surface area contributed by atoms with Crippen LogP contribution in [0.15, 0.2) is 17.2 Å². The number of aromatic nitrogens is 1. The fourth-order valence-electron chi connectivity index (χ4n) is 1.15. The van der Waals surface area contributed by atoms with Crippen LogP contribution < -0.4 is 0 Å². The molecule has 0 saturated heterocycles. The highest BCUT2D eigenvalue weighted by Gasteiger charge is 2.07. The number of thioether (sulfide) groups is 1. The van der Waals surface area contributed by atoms with Crippen molar-refractivity contribution in [1.29, 1.82) is 0 Å². The summed E-state index contributed by atoms with van der Waals surface area (Å²) in [5, 5.41) is 0.238. The van der Waals surface area contributed by atoms with Crippen molar-refractivity contribution in [3.63, 3.8) is 0 Å². The summed E-state index contributed by atoms with van der Waals surface area (Å²) in [4.78, 5) is 5.46. The molecule has 5 heteroatoms. The summed E-state index contributed by atoms with van der Waals surface area (Å²) < 4.78 is 0. The fraction of sp³-hybridized carbons (Fsp3) is 0.545. The summed E-state index contributed by atoms with van der Waals surface area (Å²) in [6.45, 7) is 4.16. The molecule has 0 aromatic carbocycles. The van der Waals surface area contributed by atoms with E-state index in [9.17, 15) is 0 Å². The van der Waals surface area contributed by atoms with Crippen molar-refractivity contribution in [3.05, 3.63) is 23.5 Å². The van der Waals surface area contributed by atoms with E-state index in [1.807, 2.05) is 12.3 Å². The molecule has 16 heavy (non-hydrogen) atoms. The molecule has 0 fully saturated rings. The molecule has 1 nitrogen and oxygen atoms in total. The van der Waals surface area contributed by atoms with Crippen molar-refractivity contribution >= 4 is 47.4 Å². The highest BCUT2D eigenvalue weighted by Crippen LogP contribution is 2.26. The average Bonchev–Trinajstić information content (AvgIpc) is 2.27. The van der Waals surface area contributed by atoms with Gasteiger partial charge >= 0.3 is 0 Å². The molecule has 1 aromatic heterocycles. The molecule has 1 aromatic rings. The van der Waals surface area contributed by atoms with Gasteiger partial charge in [-0.3, -0.25) is 4.98 Å². The van der Waals surface area contributed by atoms with E-state index in [2.05, 4.69) is 18.8 Å². The van der Waals surface area contributed by atoms with Crippen molar-refractivity contribution in [2.75, 3.05) is 5.75 Å². The lowest BCUT2D eigenvalue weighted by molar-refractivity contribution is 0.904. The first-order valence-electron chi connectivity index (χ1n) is 4.96. The molecule has 0 N–H and O–H groups in total. The van der Waals surface area contributed by atoms with Gasteiger partial charge in [0.25, 0.3) is 0 Å². The van der Waals surface area contributed by atoms with Crippen molar-refractivity contribution in [2.24, 2.45) is 0 Å². The van der Waals surface area contributed by atoms with Crippen LogP contribution in [-0.2, 0) is 5.88 Å². The van der Waals surface area contributed by atoms with Crippen LogP contribution in [0.4, 0.5) is 0 Å². The van der Waals surface area contributed by atoms with Gasteiger partial charge in [0, 0.05) is 22.2 Å². The summed E-state index contributed by atoms with van der Waals surface area (Å²) in [7, 11) is 0. The maximum atomic E-state index is 6.08. The number of alkyl halides is 2. The smallest absolute Gasteiger partial charge is 0.0650 e. The minimum absolute atomic E-state index is 0. The highest BCUT2D eigenvalue weighted by atomic mass is 35.5. The zero-order valence-electron chi connectivity index (χ0n) is 9.37. The predicted octanol–water partition coefficient (Wildman–Crippen LogP) is 4.66. The average molecular weight is 301 g/mol. The zero-order chi connectivity index (χ0) is 11.3. The van der Waals surface area contributed by atoms with Crippen LogP contribution >= 0.6 is 47.4 Å². The lowest BCUT2D eigenvalue weighted by atomic mass is 10.2. The van der Waals surface area contributed by atoms with Gasteiger partial charge in [0.1, 0.15) is 0 Å². The molecular weight excluding hydrogens is 285 g/mol. The van der Waals surface area contributed by atoms with Crippen LogP contribution in [0.2, 0.25) is 0 Å². The first-order chi connectivity index (χ1) is 7.19. The minimum atomic E-state index is 0. The summed E-state index contributed by atoms with van der Waals surface area (Å²) in [6.07, 6.45) is 2.81. The van der Waals surface area contributed by atoms with Gasteiger partial charge in [-0.15, -0.1) is 47.4 Å². The van der Waals surface area contributed by atoms with Crippen molar-refractivity contribution in [2.45, 2.75) is 36.4 Å². The Morgan fingerprint density at radius 1 is 1.50 bits per heavy atom. The standard InChI is InChI=1S/C11H15Cl2NS.ClH/c1-3-9(13)7-15-11-4-5-14-10(6-12)8(11)2;/h4-5,9H,3,6-7H2,1-2H3;1H. The Balaban J connectivity index is 0.00000225. The summed E-state index contributed by atoms with van der Waals surface area (Å²) >= 11 is 13.7. The molecule has 92 valence electrons. The molecule has 0 aliphatic carbocycles. The molecule has 1 atom stereocenters. The number of halogens is 3. The van der Waals surface area contributed by atoms with E-state index in [1.165, 1.54) is 10.5 Å². The molecule has 0 aliphatic rings. The molecule has 1 rings (SSSR count). The van der Waals surface area contributed by atoms with Crippen LogP contribution in [0, 0.1) is 6.92 Å². The van der Waals surface area contributed by atoms with E-state index >= 15 is 0 Å². The van der Waals surface area contributed by atoms with E-state index in [4.69, 9.17) is 23.2 Å². The monoisotopic (exact) mass is 299 g/mol. The summed E-state index contributed by atoms with van der Waals surface area (Å²) in [6, 6.07) is 2.02. The first-order valence-corrected chi connectivity index (χ1v) is 6.92. The van der Waals surface area contributed by atoms with Crippen molar-refractivity contribution < 1.29 is 0 Å². The van der Waals surface area contributed by atoms with Gasteiger partial charge in [0.2, 0.25) is 0 Å². The topological polar surface area (TPSA) is 12.9 Å². The second kappa shape index (κ2) is 8.46. The summed E-state index contributed by atoms with van der Waals surface area (Å²) in [5.74, 6) is 1.41. The van der Waals surface area contributed by atoms with Crippen LogP contribution in [0.1, 0.15) is 24.6 Å². The lowest BCUT2D eigenvalue weighted by Gasteiger charge is -2.10.